The van der Waals surface area contributed by atoms with E-state index in [-0.39, 0.29) is 24.5 Å². The fourth-order valence-corrected chi connectivity index (χ4v) is 2.04. The lowest BCUT2D eigenvalue weighted by Gasteiger charge is -2.21. The summed E-state index contributed by atoms with van der Waals surface area (Å²) in [5.74, 6) is 1.31. The van der Waals surface area contributed by atoms with Crippen LogP contribution in [0, 0.1) is 18.3 Å². The van der Waals surface area contributed by atoms with Gasteiger partial charge in [-0.15, -0.1) is 6.42 Å². The van der Waals surface area contributed by atoms with Crippen LogP contribution in [-0.2, 0) is 4.79 Å². The van der Waals surface area contributed by atoms with E-state index in [0.717, 1.165) is 6.42 Å². The zero-order valence-electron chi connectivity index (χ0n) is 9.98. The number of carboxylic acid groups (broad SMARTS) is 1. The van der Waals surface area contributed by atoms with E-state index in [2.05, 4.69) is 11.2 Å². The summed E-state index contributed by atoms with van der Waals surface area (Å²) in [6.07, 6.45) is 7.02. The highest BCUT2D eigenvalue weighted by Gasteiger charge is 2.31. The molecule has 5 heteroatoms. The van der Waals surface area contributed by atoms with E-state index in [1.54, 1.807) is 0 Å². The minimum atomic E-state index is -0.780. The van der Waals surface area contributed by atoms with Crippen LogP contribution < -0.4 is 5.32 Å². The average molecular weight is 238 g/mol. The zero-order valence-corrected chi connectivity index (χ0v) is 9.98. The third-order valence-electron chi connectivity index (χ3n) is 3.06. The number of rotatable bonds is 4. The molecule has 0 radical (unpaired) electrons. The van der Waals surface area contributed by atoms with Crippen molar-refractivity contribution in [3.63, 3.8) is 0 Å². The molecule has 1 fully saturated rings. The third kappa shape index (κ3) is 3.66. The number of carbonyl (C=O) groups excluding carboxylic acids is 1. The predicted molar refractivity (Wildman–Crippen MR) is 63.4 cm³/mol. The fraction of sp³-hybridized carbons (Fsp3) is 0.667. The number of nitrogens with zero attached hydrogens (tertiary/aromatic N) is 1. The second kappa shape index (κ2) is 6.14. The largest absolute Gasteiger partial charge is 0.481 e. The molecule has 0 spiro atoms. The van der Waals surface area contributed by atoms with Gasteiger partial charge in [-0.25, -0.2) is 4.79 Å². The highest BCUT2D eigenvalue weighted by atomic mass is 16.4. The van der Waals surface area contributed by atoms with Crippen molar-refractivity contribution in [3.8, 4) is 12.3 Å². The zero-order chi connectivity index (χ0) is 12.8. The molecule has 0 aromatic heterocycles. The lowest BCUT2D eigenvalue weighted by atomic mass is 10.1. The first-order valence-electron chi connectivity index (χ1n) is 5.80. The maximum absolute atomic E-state index is 11.8. The van der Waals surface area contributed by atoms with Crippen molar-refractivity contribution in [1.82, 2.24) is 10.2 Å². The molecule has 0 heterocycles. The molecule has 1 saturated carbocycles. The summed E-state index contributed by atoms with van der Waals surface area (Å²) in [6, 6.07) is -0.253. The minimum absolute atomic E-state index is 0.0459. The van der Waals surface area contributed by atoms with Crippen molar-refractivity contribution in [2.24, 2.45) is 5.92 Å². The van der Waals surface area contributed by atoms with Gasteiger partial charge in [0.1, 0.15) is 0 Å². The topological polar surface area (TPSA) is 69.6 Å². The molecule has 0 aromatic carbocycles. The number of carbonyl (C=O) groups is 2. The molecular formula is C12H18N2O3. The predicted octanol–water partition coefficient (Wildman–Crippen LogP) is 0.904. The summed E-state index contributed by atoms with van der Waals surface area (Å²) < 4.78 is 0. The molecule has 2 amide bonds. The molecule has 17 heavy (non-hydrogen) atoms. The Labute approximate surface area is 101 Å². The molecule has 0 aliphatic heterocycles. The number of hydrogen-bond donors (Lipinski definition) is 2. The SMILES string of the molecule is C#CCN(CC)C(=O)N[C@H]1CC[C@@H](C(=O)O)C1. The van der Waals surface area contributed by atoms with Crippen LogP contribution in [0.3, 0.4) is 0 Å². The van der Waals surface area contributed by atoms with Crippen molar-refractivity contribution in [3.05, 3.63) is 0 Å². The van der Waals surface area contributed by atoms with E-state index in [4.69, 9.17) is 11.5 Å². The van der Waals surface area contributed by atoms with Crippen LogP contribution in [0.15, 0.2) is 0 Å². The van der Waals surface area contributed by atoms with Crippen LogP contribution >= 0.6 is 0 Å². The third-order valence-corrected chi connectivity index (χ3v) is 3.06. The van der Waals surface area contributed by atoms with E-state index in [9.17, 15) is 9.59 Å². The van der Waals surface area contributed by atoms with E-state index >= 15 is 0 Å². The molecular weight excluding hydrogens is 220 g/mol. The molecule has 5 nitrogen and oxygen atoms in total. The number of urea groups is 1. The first kappa shape index (κ1) is 13.4. The summed E-state index contributed by atoms with van der Waals surface area (Å²) in [7, 11) is 0. The molecule has 2 N–H and O–H groups in total. The maximum Gasteiger partial charge on any atom is 0.318 e. The van der Waals surface area contributed by atoms with Gasteiger partial charge in [0.05, 0.1) is 12.5 Å². The highest BCUT2D eigenvalue weighted by Crippen LogP contribution is 2.25. The van der Waals surface area contributed by atoms with Gasteiger partial charge < -0.3 is 15.3 Å². The normalized spacial score (nSPS) is 22.8. The maximum atomic E-state index is 11.8. The monoisotopic (exact) mass is 238 g/mol. The van der Waals surface area contributed by atoms with Crippen molar-refractivity contribution >= 4 is 12.0 Å². The molecule has 2 atom stereocenters. The Hall–Kier alpha value is -1.70. The van der Waals surface area contributed by atoms with Crippen molar-refractivity contribution in [1.29, 1.82) is 0 Å². The van der Waals surface area contributed by atoms with E-state index < -0.39 is 5.97 Å². The second-order valence-electron chi connectivity index (χ2n) is 4.21. The van der Waals surface area contributed by atoms with Gasteiger partial charge in [-0.2, -0.15) is 0 Å². The molecule has 1 rings (SSSR count). The standard InChI is InChI=1S/C12H18N2O3/c1-3-7-14(4-2)12(17)13-10-6-5-9(8-10)11(15)16/h1,9-10H,4-8H2,2H3,(H,13,17)(H,15,16)/t9-,10+/m1/s1. The van der Waals surface area contributed by atoms with Crippen LogP contribution in [0.4, 0.5) is 4.79 Å². The molecule has 0 saturated heterocycles. The summed E-state index contributed by atoms with van der Waals surface area (Å²) in [4.78, 5) is 24.1. The molecule has 1 aliphatic carbocycles. The summed E-state index contributed by atoms with van der Waals surface area (Å²) >= 11 is 0. The van der Waals surface area contributed by atoms with Gasteiger partial charge in [0, 0.05) is 12.6 Å². The van der Waals surface area contributed by atoms with Gasteiger partial charge in [-0.3, -0.25) is 4.79 Å². The van der Waals surface area contributed by atoms with Gasteiger partial charge in [0.2, 0.25) is 0 Å². The van der Waals surface area contributed by atoms with Crippen LogP contribution in [0.1, 0.15) is 26.2 Å². The van der Waals surface area contributed by atoms with Crippen molar-refractivity contribution in [2.75, 3.05) is 13.1 Å². The Morgan fingerprint density at radius 2 is 2.24 bits per heavy atom. The highest BCUT2D eigenvalue weighted by molar-refractivity contribution is 5.75. The van der Waals surface area contributed by atoms with Gasteiger partial charge in [-0.05, 0) is 26.2 Å². The van der Waals surface area contributed by atoms with E-state index in [1.807, 2.05) is 6.92 Å². The number of carboxylic acids is 1. The van der Waals surface area contributed by atoms with Crippen LogP contribution in [0.25, 0.3) is 0 Å². The summed E-state index contributed by atoms with van der Waals surface area (Å²) in [6.45, 7) is 2.67. The Kier molecular flexibility index (Phi) is 4.83. The minimum Gasteiger partial charge on any atom is -0.481 e. The quantitative estimate of drug-likeness (QED) is 0.715. The van der Waals surface area contributed by atoms with Gasteiger partial charge in [0.25, 0.3) is 0 Å². The Balaban J connectivity index is 2.42. The summed E-state index contributed by atoms with van der Waals surface area (Å²) in [5, 5.41) is 11.7. The molecule has 0 bridgehead atoms. The molecule has 0 aromatic rings. The molecule has 1 aliphatic rings. The number of terminal acetylenes is 1. The number of hydrogen-bond acceptors (Lipinski definition) is 2. The number of amides is 2. The molecule has 0 unspecified atom stereocenters. The lowest BCUT2D eigenvalue weighted by molar-refractivity contribution is -0.141. The van der Waals surface area contributed by atoms with Crippen LogP contribution in [-0.4, -0.2) is 41.1 Å². The molecule has 94 valence electrons. The summed E-state index contributed by atoms with van der Waals surface area (Å²) in [5.41, 5.74) is 0. The smallest absolute Gasteiger partial charge is 0.318 e. The van der Waals surface area contributed by atoms with E-state index in [1.165, 1.54) is 4.90 Å². The van der Waals surface area contributed by atoms with Crippen LogP contribution in [0.5, 0.6) is 0 Å². The van der Waals surface area contributed by atoms with Gasteiger partial charge in [-0.1, -0.05) is 5.92 Å². The van der Waals surface area contributed by atoms with Gasteiger partial charge >= 0.3 is 12.0 Å². The van der Waals surface area contributed by atoms with Crippen molar-refractivity contribution in [2.45, 2.75) is 32.2 Å². The second-order valence-corrected chi connectivity index (χ2v) is 4.21. The lowest BCUT2D eigenvalue weighted by Crippen LogP contribution is -2.44. The number of aliphatic carboxylic acids is 1. The first-order valence-corrected chi connectivity index (χ1v) is 5.80. The van der Waals surface area contributed by atoms with Crippen LogP contribution in [0.2, 0.25) is 0 Å². The Morgan fingerprint density at radius 1 is 1.53 bits per heavy atom. The van der Waals surface area contributed by atoms with Crippen molar-refractivity contribution < 1.29 is 14.7 Å². The fourth-order valence-electron chi connectivity index (χ4n) is 2.04. The Morgan fingerprint density at radius 3 is 2.71 bits per heavy atom. The first-order chi connectivity index (χ1) is 8.08. The Bertz CT molecular complexity index is 335. The van der Waals surface area contributed by atoms with E-state index in [0.29, 0.717) is 19.4 Å². The van der Waals surface area contributed by atoms with Gasteiger partial charge in [0.15, 0.2) is 0 Å². The number of nitrogens with one attached hydrogen (secondary N) is 1. The average Bonchev–Trinajstić information content (AvgIpc) is 2.74.